The number of carbonyl (C=O) groups excluding carboxylic acids is 3. The number of carbonyl (C=O) groups is 3. The minimum absolute atomic E-state index is 0.120. The lowest BCUT2D eigenvalue weighted by Crippen LogP contribution is -2.45. The molecule has 0 unspecified atom stereocenters. The fraction of sp³-hybridized carbons (Fsp3) is 0.286. The summed E-state index contributed by atoms with van der Waals surface area (Å²) in [6.07, 6.45) is 1.51. The minimum Gasteiger partial charge on any atom is -0.355 e. The molecular formula is C21H24N4O3. The maximum absolute atomic E-state index is 12.6. The van der Waals surface area contributed by atoms with Crippen molar-refractivity contribution in [2.75, 3.05) is 30.8 Å². The van der Waals surface area contributed by atoms with Gasteiger partial charge < -0.3 is 20.9 Å². The highest BCUT2D eigenvalue weighted by molar-refractivity contribution is 5.96. The third-order valence-electron chi connectivity index (χ3n) is 4.75. The van der Waals surface area contributed by atoms with Crippen LogP contribution in [0.2, 0.25) is 0 Å². The number of hydrogen-bond donors (Lipinski definition) is 3. The van der Waals surface area contributed by atoms with E-state index in [1.54, 1.807) is 36.2 Å². The van der Waals surface area contributed by atoms with Gasteiger partial charge in [0.1, 0.15) is 0 Å². The van der Waals surface area contributed by atoms with Gasteiger partial charge in [0, 0.05) is 37.1 Å². The number of hydrogen-bond acceptors (Lipinski definition) is 3. The van der Waals surface area contributed by atoms with Crippen LogP contribution < -0.4 is 16.0 Å². The highest BCUT2D eigenvalue weighted by Gasteiger charge is 2.28. The van der Waals surface area contributed by atoms with E-state index in [2.05, 4.69) is 16.0 Å². The summed E-state index contributed by atoms with van der Waals surface area (Å²) in [5, 5.41) is 8.29. The molecular weight excluding hydrogens is 356 g/mol. The van der Waals surface area contributed by atoms with Crippen LogP contribution in [0.1, 0.15) is 23.2 Å². The summed E-state index contributed by atoms with van der Waals surface area (Å²) in [6, 6.07) is 15.8. The first-order chi connectivity index (χ1) is 13.6. The topological polar surface area (TPSA) is 90.5 Å². The van der Waals surface area contributed by atoms with Crippen molar-refractivity contribution in [3.8, 4) is 0 Å². The lowest BCUT2D eigenvalue weighted by atomic mass is 9.97. The Balaban J connectivity index is 1.56. The van der Waals surface area contributed by atoms with Gasteiger partial charge in [-0.05, 0) is 49.2 Å². The second-order valence-electron chi connectivity index (χ2n) is 6.73. The molecule has 2 aromatic rings. The van der Waals surface area contributed by atoms with Crippen LogP contribution in [0.3, 0.4) is 0 Å². The molecule has 146 valence electrons. The van der Waals surface area contributed by atoms with Crippen LogP contribution >= 0.6 is 0 Å². The van der Waals surface area contributed by atoms with Gasteiger partial charge in [-0.2, -0.15) is 0 Å². The number of benzene rings is 2. The van der Waals surface area contributed by atoms with Gasteiger partial charge in [-0.3, -0.25) is 9.59 Å². The molecule has 3 rings (SSSR count). The van der Waals surface area contributed by atoms with Crippen LogP contribution in [0.25, 0.3) is 0 Å². The van der Waals surface area contributed by atoms with Crippen molar-refractivity contribution >= 4 is 29.2 Å². The number of piperidine rings is 1. The molecule has 0 aromatic heterocycles. The first-order valence-electron chi connectivity index (χ1n) is 9.31. The molecule has 0 radical (unpaired) electrons. The Morgan fingerprint density at radius 3 is 2.29 bits per heavy atom. The van der Waals surface area contributed by atoms with Gasteiger partial charge in [0.15, 0.2) is 0 Å². The number of nitrogens with zero attached hydrogens (tertiary/aromatic N) is 1. The molecule has 1 atom stereocenters. The van der Waals surface area contributed by atoms with Crippen LogP contribution in [-0.4, -0.2) is 42.9 Å². The molecule has 28 heavy (non-hydrogen) atoms. The highest BCUT2D eigenvalue weighted by atomic mass is 16.2. The summed E-state index contributed by atoms with van der Waals surface area (Å²) in [5.41, 5.74) is 1.89. The molecule has 7 nitrogen and oxygen atoms in total. The number of para-hydroxylation sites is 1. The Bertz CT molecular complexity index is 836. The second kappa shape index (κ2) is 9.03. The van der Waals surface area contributed by atoms with Crippen molar-refractivity contribution in [1.29, 1.82) is 0 Å². The Morgan fingerprint density at radius 2 is 1.61 bits per heavy atom. The van der Waals surface area contributed by atoms with Crippen molar-refractivity contribution in [1.82, 2.24) is 10.2 Å². The molecule has 1 aliphatic rings. The zero-order chi connectivity index (χ0) is 19.9. The molecule has 0 spiro atoms. The van der Waals surface area contributed by atoms with E-state index in [9.17, 15) is 14.4 Å². The lowest BCUT2D eigenvalue weighted by molar-refractivity contribution is -0.121. The van der Waals surface area contributed by atoms with Crippen LogP contribution in [0.5, 0.6) is 0 Å². The summed E-state index contributed by atoms with van der Waals surface area (Å²) >= 11 is 0. The van der Waals surface area contributed by atoms with Gasteiger partial charge >= 0.3 is 6.03 Å². The molecule has 4 amide bonds. The van der Waals surface area contributed by atoms with E-state index in [1.165, 1.54) is 0 Å². The Labute approximate surface area is 164 Å². The Hall–Kier alpha value is -3.35. The number of rotatable bonds is 4. The predicted molar refractivity (Wildman–Crippen MR) is 108 cm³/mol. The third kappa shape index (κ3) is 4.88. The zero-order valence-electron chi connectivity index (χ0n) is 15.8. The van der Waals surface area contributed by atoms with E-state index in [0.29, 0.717) is 24.3 Å². The zero-order valence-corrected chi connectivity index (χ0v) is 15.8. The summed E-state index contributed by atoms with van der Waals surface area (Å²) in [6.45, 7) is 1.00. The van der Waals surface area contributed by atoms with Crippen LogP contribution in [0, 0.1) is 5.92 Å². The maximum Gasteiger partial charge on any atom is 0.321 e. The molecule has 0 aliphatic carbocycles. The van der Waals surface area contributed by atoms with E-state index < -0.39 is 0 Å². The van der Waals surface area contributed by atoms with Crippen molar-refractivity contribution in [3.63, 3.8) is 0 Å². The van der Waals surface area contributed by atoms with Crippen molar-refractivity contribution in [3.05, 3.63) is 60.2 Å². The van der Waals surface area contributed by atoms with E-state index in [1.807, 2.05) is 30.3 Å². The molecule has 2 aromatic carbocycles. The van der Waals surface area contributed by atoms with Crippen LogP contribution in [0.15, 0.2) is 54.6 Å². The summed E-state index contributed by atoms with van der Waals surface area (Å²) < 4.78 is 0. The maximum atomic E-state index is 12.6. The summed E-state index contributed by atoms with van der Waals surface area (Å²) in [7, 11) is 1.57. The number of anilines is 2. The first kappa shape index (κ1) is 19.4. The molecule has 0 saturated carbocycles. The third-order valence-corrected chi connectivity index (χ3v) is 4.75. The molecule has 1 heterocycles. The van der Waals surface area contributed by atoms with Gasteiger partial charge in [-0.25, -0.2) is 4.79 Å². The number of likely N-dealkylation sites (tertiary alicyclic amines) is 1. The van der Waals surface area contributed by atoms with Crippen LogP contribution in [-0.2, 0) is 4.79 Å². The van der Waals surface area contributed by atoms with Gasteiger partial charge in [0.05, 0.1) is 5.92 Å². The van der Waals surface area contributed by atoms with Gasteiger partial charge in [0.2, 0.25) is 5.91 Å². The highest BCUT2D eigenvalue weighted by Crippen LogP contribution is 2.20. The summed E-state index contributed by atoms with van der Waals surface area (Å²) in [4.78, 5) is 38.3. The minimum atomic E-state index is -0.270. The van der Waals surface area contributed by atoms with Crippen LogP contribution in [0.4, 0.5) is 16.2 Å². The average molecular weight is 380 g/mol. The Morgan fingerprint density at radius 1 is 0.929 bits per heavy atom. The van der Waals surface area contributed by atoms with Crippen molar-refractivity contribution in [2.45, 2.75) is 12.8 Å². The second-order valence-corrected chi connectivity index (χ2v) is 6.73. The van der Waals surface area contributed by atoms with Gasteiger partial charge in [0.25, 0.3) is 5.91 Å². The smallest absolute Gasteiger partial charge is 0.321 e. The quantitative estimate of drug-likeness (QED) is 0.762. The molecule has 1 aliphatic heterocycles. The van der Waals surface area contributed by atoms with E-state index in [4.69, 9.17) is 0 Å². The summed E-state index contributed by atoms with van der Waals surface area (Å²) in [5.74, 6) is -0.566. The molecule has 0 bridgehead atoms. The fourth-order valence-corrected chi connectivity index (χ4v) is 3.19. The van der Waals surface area contributed by atoms with Gasteiger partial charge in [-0.1, -0.05) is 18.2 Å². The average Bonchev–Trinajstić information content (AvgIpc) is 2.74. The van der Waals surface area contributed by atoms with Crippen molar-refractivity contribution in [2.24, 2.45) is 5.92 Å². The molecule has 1 saturated heterocycles. The van der Waals surface area contributed by atoms with Crippen molar-refractivity contribution < 1.29 is 14.4 Å². The van der Waals surface area contributed by atoms with E-state index >= 15 is 0 Å². The number of amides is 4. The normalized spacial score (nSPS) is 16.2. The Kier molecular flexibility index (Phi) is 6.26. The largest absolute Gasteiger partial charge is 0.355 e. The first-order valence-corrected chi connectivity index (χ1v) is 9.31. The SMILES string of the molecule is CNC(=O)c1ccc(NC(=O)[C@@H]2CCCN(C(=O)Nc3ccccc3)C2)cc1. The molecule has 3 N–H and O–H groups in total. The monoisotopic (exact) mass is 380 g/mol. The van der Waals surface area contributed by atoms with E-state index in [-0.39, 0.29) is 23.8 Å². The lowest BCUT2D eigenvalue weighted by Gasteiger charge is -2.32. The fourth-order valence-electron chi connectivity index (χ4n) is 3.19. The predicted octanol–water partition coefficient (Wildman–Crippen LogP) is 2.93. The van der Waals surface area contributed by atoms with Gasteiger partial charge in [-0.15, -0.1) is 0 Å². The number of urea groups is 1. The number of nitrogens with one attached hydrogen (secondary N) is 3. The molecule has 1 fully saturated rings. The molecule has 7 heteroatoms. The standard InChI is InChI=1S/C21H24N4O3/c1-22-19(26)15-9-11-18(12-10-15)23-20(27)16-6-5-13-25(14-16)21(28)24-17-7-3-2-4-8-17/h2-4,7-12,16H,5-6,13-14H2,1H3,(H,22,26)(H,23,27)(H,24,28)/t16-/m1/s1. The van der Waals surface area contributed by atoms with E-state index in [0.717, 1.165) is 18.5 Å².